The predicted octanol–water partition coefficient (Wildman–Crippen LogP) is 4.05. The number of hydrogen-bond acceptors (Lipinski definition) is 4. The van der Waals surface area contributed by atoms with Crippen LogP contribution >= 0.6 is 0 Å². The molecule has 0 atom stereocenters. The van der Waals surface area contributed by atoms with Crippen molar-refractivity contribution in [1.29, 1.82) is 0 Å². The summed E-state index contributed by atoms with van der Waals surface area (Å²) in [5.74, 6) is -0.436. The Morgan fingerprint density at radius 1 is 1.00 bits per heavy atom. The Kier molecular flexibility index (Phi) is 4.38. The maximum atomic E-state index is 12.4. The highest BCUT2D eigenvalue weighted by Gasteiger charge is 2.48. The molecular weight excluding hydrogens is 355 g/mol. The van der Waals surface area contributed by atoms with Crippen molar-refractivity contribution in [2.75, 3.05) is 0 Å². The first-order valence-electron chi connectivity index (χ1n) is 7.18. The Hall–Kier alpha value is -2.61. The molecule has 0 saturated carbocycles. The van der Waals surface area contributed by atoms with Gasteiger partial charge in [0.1, 0.15) is 5.75 Å². The standard InChI is InChI=1S/C17H12F3NO3S/c18-17(19,20)25(22,23)24-14-6-7-15-13(8-9-21-16(15)11-14)10-12-4-2-1-3-5-12/h1-9,11H,10H2. The highest BCUT2D eigenvalue weighted by molar-refractivity contribution is 7.88. The smallest absolute Gasteiger partial charge is 0.376 e. The number of pyridine rings is 1. The van der Waals surface area contributed by atoms with E-state index in [1.165, 1.54) is 24.4 Å². The summed E-state index contributed by atoms with van der Waals surface area (Å²) in [5.41, 5.74) is -3.15. The van der Waals surface area contributed by atoms with Crippen LogP contribution in [0, 0.1) is 0 Å². The fraction of sp³-hybridized carbons (Fsp3) is 0.118. The van der Waals surface area contributed by atoms with Crippen LogP contribution in [0.15, 0.2) is 60.8 Å². The van der Waals surface area contributed by atoms with Gasteiger partial charge in [-0.05, 0) is 35.7 Å². The van der Waals surface area contributed by atoms with Gasteiger partial charge in [-0.15, -0.1) is 0 Å². The van der Waals surface area contributed by atoms with Gasteiger partial charge < -0.3 is 4.18 Å². The fourth-order valence-corrected chi connectivity index (χ4v) is 2.83. The summed E-state index contributed by atoms with van der Waals surface area (Å²) < 4.78 is 63.6. The molecule has 2 aromatic carbocycles. The molecule has 0 saturated heterocycles. The van der Waals surface area contributed by atoms with Gasteiger partial charge in [-0.25, -0.2) is 0 Å². The Bertz CT molecular complexity index is 1000. The Morgan fingerprint density at radius 3 is 2.40 bits per heavy atom. The molecule has 25 heavy (non-hydrogen) atoms. The minimum atomic E-state index is -5.71. The maximum Gasteiger partial charge on any atom is 0.534 e. The summed E-state index contributed by atoms with van der Waals surface area (Å²) in [6, 6.07) is 15.3. The molecule has 8 heteroatoms. The first-order valence-corrected chi connectivity index (χ1v) is 8.59. The zero-order chi connectivity index (χ0) is 18.1. The maximum absolute atomic E-state index is 12.4. The van der Waals surface area contributed by atoms with Gasteiger partial charge in [0.05, 0.1) is 5.52 Å². The number of benzene rings is 2. The number of hydrogen-bond donors (Lipinski definition) is 0. The van der Waals surface area contributed by atoms with Crippen LogP contribution in [0.1, 0.15) is 11.1 Å². The Balaban J connectivity index is 1.95. The molecule has 4 nitrogen and oxygen atoms in total. The van der Waals surface area contributed by atoms with Crippen molar-refractivity contribution >= 4 is 21.0 Å². The third kappa shape index (κ3) is 3.74. The fourth-order valence-electron chi connectivity index (χ4n) is 2.38. The molecule has 0 aliphatic carbocycles. The Morgan fingerprint density at radius 2 is 1.72 bits per heavy atom. The van der Waals surface area contributed by atoms with E-state index in [0.717, 1.165) is 11.1 Å². The van der Waals surface area contributed by atoms with E-state index in [4.69, 9.17) is 0 Å². The molecule has 0 fully saturated rings. The highest BCUT2D eigenvalue weighted by Crippen LogP contribution is 2.29. The van der Waals surface area contributed by atoms with E-state index >= 15 is 0 Å². The van der Waals surface area contributed by atoms with Crippen molar-refractivity contribution in [2.45, 2.75) is 11.9 Å². The molecule has 0 aliphatic heterocycles. The molecule has 0 bridgehead atoms. The van der Waals surface area contributed by atoms with Gasteiger partial charge in [0.2, 0.25) is 0 Å². The van der Waals surface area contributed by atoms with E-state index in [9.17, 15) is 21.6 Å². The lowest BCUT2D eigenvalue weighted by Crippen LogP contribution is -2.28. The van der Waals surface area contributed by atoms with E-state index in [2.05, 4.69) is 9.17 Å². The van der Waals surface area contributed by atoms with E-state index in [-0.39, 0.29) is 0 Å². The van der Waals surface area contributed by atoms with Crippen LogP contribution in [0.4, 0.5) is 13.2 Å². The SMILES string of the molecule is O=S(=O)(Oc1ccc2c(Cc3ccccc3)ccnc2c1)C(F)(F)F. The average molecular weight is 367 g/mol. The van der Waals surface area contributed by atoms with Crippen LogP contribution in [0.25, 0.3) is 10.9 Å². The monoisotopic (exact) mass is 367 g/mol. The van der Waals surface area contributed by atoms with Gasteiger partial charge in [0.15, 0.2) is 0 Å². The summed E-state index contributed by atoms with van der Waals surface area (Å²) >= 11 is 0. The molecular formula is C17H12F3NO3S. The van der Waals surface area contributed by atoms with E-state index in [1.54, 1.807) is 0 Å². The van der Waals surface area contributed by atoms with E-state index in [0.29, 0.717) is 17.3 Å². The van der Waals surface area contributed by atoms with Gasteiger partial charge in [-0.3, -0.25) is 4.98 Å². The minimum Gasteiger partial charge on any atom is -0.376 e. The Labute approximate surface area is 142 Å². The van der Waals surface area contributed by atoms with Crippen molar-refractivity contribution in [3.63, 3.8) is 0 Å². The molecule has 0 radical (unpaired) electrons. The van der Waals surface area contributed by atoms with E-state index < -0.39 is 21.4 Å². The molecule has 0 amide bonds. The zero-order valence-electron chi connectivity index (χ0n) is 12.7. The largest absolute Gasteiger partial charge is 0.534 e. The van der Waals surface area contributed by atoms with Crippen molar-refractivity contribution < 1.29 is 25.8 Å². The normalized spacial score (nSPS) is 12.3. The van der Waals surface area contributed by atoms with Crippen molar-refractivity contribution in [2.24, 2.45) is 0 Å². The van der Waals surface area contributed by atoms with Crippen LogP contribution < -0.4 is 4.18 Å². The average Bonchev–Trinajstić information content (AvgIpc) is 2.54. The van der Waals surface area contributed by atoms with Gasteiger partial charge in [-0.2, -0.15) is 21.6 Å². The number of alkyl halides is 3. The van der Waals surface area contributed by atoms with Crippen LogP contribution in [0.2, 0.25) is 0 Å². The minimum absolute atomic E-state index is 0.350. The summed E-state index contributed by atoms with van der Waals surface area (Å²) in [6.45, 7) is 0. The molecule has 0 aliphatic rings. The third-order valence-electron chi connectivity index (χ3n) is 3.53. The highest BCUT2D eigenvalue weighted by atomic mass is 32.2. The van der Waals surface area contributed by atoms with Gasteiger partial charge in [0, 0.05) is 17.6 Å². The van der Waals surface area contributed by atoms with E-state index in [1.807, 2.05) is 36.4 Å². The molecule has 0 N–H and O–H groups in total. The summed E-state index contributed by atoms with van der Waals surface area (Å²) in [7, 11) is -5.71. The zero-order valence-corrected chi connectivity index (χ0v) is 13.5. The number of aromatic nitrogens is 1. The molecule has 1 aromatic heterocycles. The first kappa shape index (κ1) is 17.2. The van der Waals surface area contributed by atoms with Crippen LogP contribution in [0.5, 0.6) is 5.75 Å². The van der Waals surface area contributed by atoms with Gasteiger partial charge >= 0.3 is 15.6 Å². The molecule has 0 spiro atoms. The molecule has 130 valence electrons. The van der Waals surface area contributed by atoms with Gasteiger partial charge in [-0.1, -0.05) is 30.3 Å². The summed E-state index contributed by atoms with van der Waals surface area (Å²) in [6.07, 6.45) is 2.13. The molecule has 3 aromatic rings. The lowest BCUT2D eigenvalue weighted by Gasteiger charge is -2.11. The lowest BCUT2D eigenvalue weighted by molar-refractivity contribution is -0.0500. The van der Waals surface area contributed by atoms with Crippen LogP contribution in [-0.2, 0) is 16.5 Å². The molecule has 0 unspecified atom stereocenters. The first-order chi connectivity index (χ1) is 11.8. The van der Waals surface area contributed by atoms with Gasteiger partial charge in [0.25, 0.3) is 0 Å². The van der Waals surface area contributed by atoms with Crippen LogP contribution in [-0.4, -0.2) is 18.9 Å². The van der Waals surface area contributed by atoms with Crippen LogP contribution in [0.3, 0.4) is 0 Å². The second-order valence-electron chi connectivity index (χ2n) is 5.29. The number of halogens is 3. The second kappa shape index (κ2) is 6.36. The van der Waals surface area contributed by atoms with Crippen molar-refractivity contribution in [3.05, 3.63) is 71.9 Å². The lowest BCUT2D eigenvalue weighted by atomic mass is 10.0. The second-order valence-corrected chi connectivity index (χ2v) is 6.83. The number of fused-ring (bicyclic) bond motifs is 1. The molecule has 1 heterocycles. The topological polar surface area (TPSA) is 56.3 Å². The molecule has 3 rings (SSSR count). The number of nitrogens with zero attached hydrogens (tertiary/aromatic N) is 1. The van der Waals surface area contributed by atoms with Crippen molar-refractivity contribution in [1.82, 2.24) is 4.98 Å². The third-order valence-corrected chi connectivity index (χ3v) is 4.51. The summed E-state index contributed by atoms with van der Waals surface area (Å²) in [4.78, 5) is 4.08. The van der Waals surface area contributed by atoms with Crippen molar-refractivity contribution in [3.8, 4) is 5.75 Å². The quantitative estimate of drug-likeness (QED) is 0.516. The predicted molar refractivity (Wildman–Crippen MR) is 86.6 cm³/mol. The summed E-state index contributed by atoms with van der Waals surface area (Å²) in [5, 5.41) is 0.711. The number of rotatable bonds is 4.